The molecule has 0 bridgehead atoms. The van der Waals surface area contributed by atoms with E-state index in [4.69, 9.17) is 9.47 Å². The second-order valence-corrected chi connectivity index (χ2v) is 2.26. The van der Waals surface area contributed by atoms with E-state index in [9.17, 15) is 5.11 Å². The summed E-state index contributed by atoms with van der Waals surface area (Å²) in [7, 11) is 0. The van der Waals surface area contributed by atoms with Crippen LogP contribution in [0.15, 0.2) is 24.7 Å². The maximum atomic E-state index is 9.18. The summed E-state index contributed by atoms with van der Waals surface area (Å²) in [5, 5.41) is 9.18. The van der Waals surface area contributed by atoms with Crippen LogP contribution in [-0.2, 0) is 9.47 Å². The lowest BCUT2D eigenvalue weighted by Gasteiger charge is -2.08. The molecule has 0 saturated carbocycles. The summed E-state index contributed by atoms with van der Waals surface area (Å²) >= 11 is 0. The molecular weight excluding hydrogens is 156 g/mol. The van der Waals surface area contributed by atoms with Gasteiger partial charge in [-0.25, -0.2) is 0 Å². The number of allylic oxidation sites excluding steroid dienone is 2. The molecule has 0 saturated heterocycles. The zero-order valence-corrected chi connectivity index (χ0v) is 7.56. The third-order valence-electron chi connectivity index (χ3n) is 1.04. The van der Waals surface area contributed by atoms with Gasteiger partial charge < -0.3 is 14.6 Å². The number of aliphatic hydroxyl groups excluding tert-OH is 1. The first-order chi connectivity index (χ1) is 5.81. The lowest BCUT2D eigenvalue weighted by molar-refractivity contribution is 0.0323. The number of ether oxygens (including phenoxy) is 2. The summed E-state index contributed by atoms with van der Waals surface area (Å²) in [6, 6.07) is 0. The summed E-state index contributed by atoms with van der Waals surface area (Å²) in [4.78, 5) is 0. The van der Waals surface area contributed by atoms with Crippen molar-refractivity contribution in [1.29, 1.82) is 0 Å². The summed E-state index contributed by atoms with van der Waals surface area (Å²) in [5.41, 5.74) is 0. The van der Waals surface area contributed by atoms with Crippen molar-refractivity contribution in [1.82, 2.24) is 0 Å². The standard InChI is InChI=1S/C9H16O3/c1-3-5-11-7-9(10)8-12-6-4-2/h3-6,9-10H,7-8H2,1-2H3/b5-3-,6-4-. The molecule has 0 aliphatic heterocycles. The Morgan fingerprint density at radius 2 is 1.50 bits per heavy atom. The summed E-state index contributed by atoms with van der Waals surface area (Å²) in [6.07, 6.45) is 6.04. The van der Waals surface area contributed by atoms with Crippen molar-refractivity contribution < 1.29 is 14.6 Å². The third-order valence-corrected chi connectivity index (χ3v) is 1.04. The zero-order chi connectivity index (χ0) is 9.23. The predicted octanol–water partition coefficient (Wildman–Crippen LogP) is 1.45. The topological polar surface area (TPSA) is 38.7 Å². The molecule has 0 fully saturated rings. The molecule has 3 nitrogen and oxygen atoms in total. The molecule has 0 aliphatic carbocycles. The molecule has 0 rings (SSSR count). The average Bonchev–Trinajstić information content (AvgIpc) is 2.06. The lowest BCUT2D eigenvalue weighted by Crippen LogP contribution is -2.19. The lowest BCUT2D eigenvalue weighted by atomic mass is 10.4. The zero-order valence-electron chi connectivity index (χ0n) is 7.56. The Morgan fingerprint density at radius 1 is 1.08 bits per heavy atom. The number of aliphatic hydroxyl groups is 1. The smallest absolute Gasteiger partial charge is 0.122 e. The third kappa shape index (κ3) is 7.15. The van der Waals surface area contributed by atoms with Crippen LogP contribution in [0.3, 0.4) is 0 Å². The molecular formula is C9H16O3. The molecule has 0 unspecified atom stereocenters. The van der Waals surface area contributed by atoms with Crippen molar-refractivity contribution >= 4 is 0 Å². The first-order valence-electron chi connectivity index (χ1n) is 3.94. The average molecular weight is 172 g/mol. The highest BCUT2D eigenvalue weighted by atomic mass is 16.5. The summed E-state index contributed by atoms with van der Waals surface area (Å²) in [6.45, 7) is 4.23. The molecule has 0 aromatic rings. The van der Waals surface area contributed by atoms with Crippen LogP contribution in [0.25, 0.3) is 0 Å². The molecule has 70 valence electrons. The fourth-order valence-electron chi connectivity index (χ4n) is 0.574. The van der Waals surface area contributed by atoms with E-state index in [1.165, 1.54) is 0 Å². The molecule has 12 heavy (non-hydrogen) atoms. The molecule has 3 heteroatoms. The molecule has 0 spiro atoms. The van der Waals surface area contributed by atoms with E-state index in [0.29, 0.717) is 0 Å². The fourth-order valence-corrected chi connectivity index (χ4v) is 0.574. The van der Waals surface area contributed by atoms with Crippen LogP contribution in [0, 0.1) is 0 Å². The highest BCUT2D eigenvalue weighted by Crippen LogP contribution is 1.89. The Labute approximate surface area is 73.3 Å². The van der Waals surface area contributed by atoms with Crippen LogP contribution in [0.5, 0.6) is 0 Å². The molecule has 0 heterocycles. The van der Waals surface area contributed by atoms with Gasteiger partial charge in [0.05, 0.1) is 12.5 Å². The van der Waals surface area contributed by atoms with Gasteiger partial charge in [0, 0.05) is 0 Å². The van der Waals surface area contributed by atoms with Crippen molar-refractivity contribution in [3.05, 3.63) is 24.7 Å². The van der Waals surface area contributed by atoms with Gasteiger partial charge in [0.25, 0.3) is 0 Å². The fraction of sp³-hybridized carbons (Fsp3) is 0.556. The highest BCUT2D eigenvalue weighted by molar-refractivity contribution is 4.68. The van der Waals surface area contributed by atoms with Gasteiger partial charge >= 0.3 is 0 Å². The summed E-state index contributed by atoms with van der Waals surface area (Å²) in [5.74, 6) is 0. The van der Waals surface area contributed by atoms with Crippen LogP contribution >= 0.6 is 0 Å². The van der Waals surface area contributed by atoms with E-state index in [1.54, 1.807) is 24.7 Å². The second kappa shape index (κ2) is 8.14. The molecule has 0 radical (unpaired) electrons. The van der Waals surface area contributed by atoms with Gasteiger partial charge in [-0.3, -0.25) is 0 Å². The van der Waals surface area contributed by atoms with Crippen LogP contribution in [-0.4, -0.2) is 24.4 Å². The minimum Gasteiger partial charge on any atom is -0.499 e. The Hall–Kier alpha value is -0.960. The minimum absolute atomic E-state index is 0.266. The molecule has 0 aromatic carbocycles. The van der Waals surface area contributed by atoms with Crippen LogP contribution in [0.4, 0.5) is 0 Å². The van der Waals surface area contributed by atoms with Gasteiger partial charge in [-0.05, 0) is 13.8 Å². The molecule has 0 amide bonds. The molecule has 0 aromatic heterocycles. The Balaban J connectivity index is 3.26. The maximum Gasteiger partial charge on any atom is 0.122 e. The van der Waals surface area contributed by atoms with Crippen LogP contribution in [0.1, 0.15) is 13.8 Å². The van der Waals surface area contributed by atoms with Crippen LogP contribution < -0.4 is 0 Å². The van der Waals surface area contributed by atoms with E-state index in [2.05, 4.69) is 0 Å². The molecule has 1 N–H and O–H groups in total. The van der Waals surface area contributed by atoms with E-state index >= 15 is 0 Å². The maximum absolute atomic E-state index is 9.18. The SMILES string of the molecule is C/C=C\OCC(O)CO/C=C\C. The Kier molecular flexibility index (Phi) is 7.49. The number of hydrogen-bond donors (Lipinski definition) is 1. The van der Waals surface area contributed by atoms with Gasteiger partial charge in [-0.2, -0.15) is 0 Å². The normalized spacial score (nSPS) is 11.7. The predicted molar refractivity (Wildman–Crippen MR) is 47.5 cm³/mol. The van der Waals surface area contributed by atoms with Gasteiger partial charge in [0.1, 0.15) is 19.3 Å². The quantitative estimate of drug-likeness (QED) is 0.616. The van der Waals surface area contributed by atoms with Crippen molar-refractivity contribution in [2.45, 2.75) is 20.0 Å². The number of rotatable bonds is 6. The molecule has 0 aliphatic rings. The van der Waals surface area contributed by atoms with E-state index < -0.39 is 6.10 Å². The largest absolute Gasteiger partial charge is 0.499 e. The van der Waals surface area contributed by atoms with E-state index in [0.717, 1.165) is 0 Å². The van der Waals surface area contributed by atoms with Gasteiger partial charge in [-0.1, -0.05) is 12.2 Å². The summed E-state index contributed by atoms with van der Waals surface area (Å²) < 4.78 is 9.88. The first kappa shape index (κ1) is 11.0. The number of hydrogen-bond acceptors (Lipinski definition) is 3. The van der Waals surface area contributed by atoms with Crippen molar-refractivity contribution in [2.24, 2.45) is 0 Å². The Morgan fingerprint density at radius 3 is 1.83 bits per heavy atom. The van der Waals surface area contributed by atoms with Gasteiger partial charge in [0.15, 0.2) is 0 Å². The minimum atomic E-state index is -0.572. The first-order valence-corrected chi connectivity index (χ1v) is 3.94. The van der Waals surface area contributed by atoms with Crippen molar-refractivity contribution in [3.63, 3.8) is 0 Å². The van der Waals surface area contributed by atoms with Gasteiger partial charge in [0.2, 0.25) is 0 Å². The van der Waals surface area contributed by atoms with Crippen LogP contribution in [0.2, 0.25) is 0 Å². The van der Waals surface area contributed by atoms with E-state index in [1.807, 2.05) is 13.8 Å². The second-order valence-electron chi connectivity index (χ2n) is 2.26. The molecule has 0 atom stereocenters. The monoisotopic (exact) mass is 172 g/mol. The highest BCUT2D eigenvalue weighted by Gasteiger charge is 2.01. The van der Waals surface area contributed by atoms with Crippen molar-refractivity contribution in [3.8, 4) is 0 Å². The Bertz CT molecular complexity index is 125. The van der Waals surface area contributed by atoms with Crippen molar-refractivity contribution in [2.75, 3.05) is 13.2 Å². The van der Waals surface area contributed by atoms with E-state index in [-0.39, 0.29) is 13.2 Å². The van der Waals surface area contributed by atoms with Gasteiger partial charge in [-0.15, -0.1) is 0 Å².